The lowest BCUT2D eigenvalue weighted by molar-refractivity contribution is 1.28. The summed E-state index contributed by atoms with van der Waals surface area (Å²) in [5, 5.41) is 1.18. The molecule has 3 nitrogen and oxygen atoms in total. The van der Waals surface area contributed by atoms with Crippen LogP contribution in [0.1, 0.15) is 11.1 Å². The van der Waals surface area contributed by atoms with E-state index in [1.165, 1.54) is 16.5 Å². The maximum atomic E-state index is 5.06. The molecular weight excluding hydrogens is 218 g/mol. The van der Waals surface area contributed by atoms with Gasteiger partial charge in [0.25, 0.3) is 0 Å². The molecule has 0 aliphatic carbocycles. The van der Waals surface area contributed by atoms with Crippen LogP contribution in [-0.4, -0.2) is 15.0 Å². The average Bonchev–Trinajstić information content (AvgIpc) is 2.61. The number of nitrogens with zero attached hydrogens (tertiary/aromatic N) is 1. The summed E-state index contributed by atoms with van der Waals surface area (Å²) in [7, 11) is 0. The SMILES string of the molecule is Cc1ccc2nc3[nH]c(=S)[nH]c3cc2c1C. The largest absolute Gasteiger partial charge is 0.329 e. The van der Waals surface area contributed by atoms with E-state index in [0.717, 1.165) is 16.7 Å². The Kier molecular flexibility index (Phi) is 1.88. The van der Waals surface area contributed by atoms with Crippen molar-refractivity contribution < 1.29 is 0 Å². The van der Waals surface area contributed by atoms with E-state index in [-0.39, 0.29) is 0 Å². The zero-order chi connectivity index (χ0) is 11.3. The molecule has 0 bridgehead atoms. The third-order valence-electron chi connectivity index (χ3n) is 3.02. The Morgan fingerprint density at radius 2 is 2.00 bits per heavy atom. The van der Waals surface area contributed by atoms with Crippen LogP contribution in [0.5, 0.6) is 0 Å². The van der Waals surface area contributed by atoms with Crippen molar-refractivity contribution in [2.75, 3.05) is 0 Å². The van der Waals surface area contributed by atoms with Gasteiger partial charge in [-0.15, -0.1) is 0 Å². The van der Waals surface area contributed by atoms with Gasteiger partial charge in [0.15, 0.2) is 10.4 Å². The van der Waals surface area contributed by atoms with E-state index < -0.39 is 0 Å². The molecular formula is C12H11N3S. The third kappa shape index (κ3) is 1.27. The number of aryl methyl sites for hydroxylation is 2. The van der Waals surface area contributed by atoms with Crippen LogP contribution in [0.3, 0.4) is 0 Å². The Morgan fingerprint density at radius 3 is 2.81 bits per heavy atom. The van der Waals surface area contributed by atoms with E-state index in [1.807, 2.05) is 6.07 Å². The maximum absolute atomic E-state index is 5.06. The second-order valence-corrected chi connectivity index (χ2v) is 4.45. The summed E-state index contributed by atoms with van der Waals surface area (Å²) in [6.07, 6.45) is 0. The van der Waals surface area contributed by atoms with Crippen molar-refractivity contribution in [3.63, 3.8) is 0 Å². The first kappa shape index (κ1) is 9.54. The van der Waals surface area contributed by atoms with Gasteiger partial charge in [0.05, 0.1) is 11.0 Å². The lowest BCUT2D eigenvalue weighted by Gasteiger charge is -2.04. The highest BCUT2D eigenvalue weighted by Gasteiger charge is 2.05. The number of imidazole rings is 1. The minimum absolute atomic E-state index is 0.618. The summed E-state index contributed by atoms with van der Waals surface area (Å²) >= 11 is 5.06. The molecule has 0 saturated carbocycles. The number of benzene rings is 1. The molecule has 0 saturated heterocycles. The van der Waals surface area contributed by atoms with Crippen LogP contribution < -0.4 is 0 Å². The minimum atomic E-state index is 0.618. The second-order valence-electron chi connectivity index (χ2n) is 4.04. The number of aromatic amines is 2. The summed E-state index contributed by atoms with van der Waals surface area (Å²) < 4.78 is 0.618. The number of fused-ring (bicyclic) bond motifs is 2. The molecule has 0 spiro atoms. The fraction of sp³-hybridized carbons (Fsp3) is 0.167. The maximum Gasteiger partial charge on any atom is 0.176 e. The fourth-order valence-electron chi connectivity index (χ4n) is 1.95. The predicted octanol–water partition coefficient (Wildman–Crippen LogP) is 3.39. The van der Waals surface area contributed by atoms with Crippen molar-refractivity contribution in [2.45, 2.75) is 13.8 Å². The molecule has 0 unspecified atom stereocenters. The van der Waals surface area contributed by atoms with Gasteiger partial charge in [-0.3, -0.25) is 0 Å². The Bertz CT molecular complexity index is 752. The molecule has 0 aliphatic heterocycles. The number of pyridine rings is 1. The average molecular weight is 229 g/mol. The van der Waals surface area contributed by atoms with Crippen LogP contribution in [0.25, 0.3) is 22.1 Å². The monoisotopic (exact) mass is 229 g/mol. The van der Waals surface area contributed by atoms with Crippen LogP contribution >= 0.6 is 12.2 Å². The first-order valence-electron chi connectivity index (χ1n) is 5.14. The summed E-state index contributed by atoms with van der Waals surface area (Å²) in [5.74, 6) is 0. The van der Waals surface area contributed by atoms with Gasteiger partial charge < -0.3 is 9.97 Å². The Morgan fingerprint density at radius 1 is 1.19 bits per heavy atom. The summed E-state index contributed by atoms with van der Waals surface area (Å²) in [6.45, 7) is 4.23. The smallest absolute Gasteiger partial charge is 0.176 e. The number of aromatic nitrogens is 3. The number of H-pyrrole nitrogens is 2. The van der Waals surface area contributed by atoms with Gasteiger partial charge >= 0.3 is 0 Å². The van der Waals surface area contributed by atoms with Gasteiger partial charge in [0.2, 0.25) is 0 Å². The van der Waals surface area contributed by atoms with E-state index in [9.17, 15) is 0 Å². The van der Waals surface area contributed by atoms with Gasteiger partial charge in [0.1, 0.15) is 0 Å². The number of hydrogen-bond donors (Lipinski definition) is 2. The van der Waals surface area contributed by atoms with E-state index in [0.29, 0.717) is 4.77 Å². The highest BCUT2D eigenvalue weighted by atomic mass is 32.1. The lowest BCUT2D eigenvalue weighted by atomic mass is 10.0. The van der Waals surface area contributed by atoms with Crippen LogP contribution in [0, 0.1) is 18.6 Å². The Balaban J connectivity index is 2.55. The standard InChI is InChI=1S/C12H11N3S/c1-6-3-4-9-8(7(6)2)5-10-11(13-9)15-12(16)14-10/h3-5H,1-2H3,(H2,13,14,15,16). The first-order chi connectivity index (χ1) is 7.65. The Labute approximate surface area is 97.5 Å². The van der Waals surface area contributed by atoms with Crippen LogP contribution in [0.4, 0.5) is 0 Å². The van der Waals surface area contributed by atoms with E-state index in [4.69, 9.17) is 12.2 Å². The number of rotatable bonds is 0. The van der Waals surface area contributed by atoms with Crippen molar-refractivity contribution >= 4 is 34.3 Å². The van der Waals surface area contributed by atoms with Crippen molar-refractivity contribution in [1.29, 1.82) is 0 Å². The fourth-order valence-corrected chi connectivity index (χ4v) is 2.15. The molecule has 2 heterocycles. The zero-order valence-corrected chi connectivity index (χ0v) is 9.90. The highest BCUT2D eigenvalue weighted by molar-refractivity contribution is 7.71. The predicted molar refractivity (Wildman–Crippen MR) is 68.3 cm³/mol. The number of nitrogens with one attached hydrogen (secondary N) is 2. The van der Waals surface area contributed by atoms with Gasteiger partial charge in [-0.1, -0.05) is 6.07 Å². The van der Waals surface area contributed by atoms with Crippen molar-refractivity contribution in [3.8, 4) is 0 Å². The normalized spacial score (nSPS) is 11.4. The third-order valence-corrected chi connectivity index (χ3v) is 3.22. The molecule has 0 amide bonds. The van der Waals surface area contributed by atoms with E-state index in [2.05, 4.69) is 40.9 Å². The quantitative estimate of drug-likeness (QED) is 0.580. The lowest BCUT2D eigenvalue weighted by Crippen LogP contribution is -1.87. The summed E-state index contributed by atoms with van der Waals surface area (Å²) in [4.78, 5) is 10.7. The van der Waals surface area contributed by atoms with Gasteiger partial charge in [-0.05, 0) is 49.3 Å². The molecule has 2 aromatic heterocycles. The molecule has 0 fully saturated rings. The molecule has 80 valence electrons. The molecule has 1 aromatic carbocycles. The summed E-state index contributed by atoms with van der Waals surface area (Å²) in [6, 6.07) is 6.24. The van der Waals surface area contributed by atoms with Crippen molar-refractivity contribution in [2.24, 2.45) is 0 Å². The van der Waals surface area contributed by atoms with Gasteiger partial charge in [-0.2, -0.15) is 0 Å². The molecule has 0 radical (unpaired) electrons. The topological polar surface area (TPSA) is 44.5 Å². The molecule has 3 aromatic rings. The molecule has 0 aliphatic rings. The van der Waals surface area contributed by atoms with Crippen LogP contribution in [0.15, 0.2) is 18.2 Å². The summed E-state index contributed by atoms with van der Waals surface area (Å²) in [5.41, 5.74) is 5.34. The minimum Gasteiger partial charge on any atom is -0.329 e. The van der Waals surface area contributed by atoms with Gasteiger partial charge in [0, 0.05) is 5.39 Å². The van der Waals surface area contributed by atoms with Crippen LogP contribution in [-0.2, 0) is 0 Å². The van der Waals surface area contributed by atoms with E-state index >= 15 is 0 Å². The highest BCUT2D eigenvalue weighted by Crippen LogP contribution is 2.22. The molecule has 3 rings (SSSR count). The van der Waals surface area contributed by atoms with Crippen molar-refractivity contribution in [3.05, 3.63) is 34.1 Å². The van der Waals surface area contributed by atoms with E-state index in [1.54, 1.807) is 0 Å². The number of hydrogen-bond acceptors (Lipinski definition) is 2. The molecule has 4 heteroatoms. The van der Waals surface area contributed by atoms with Gasteiger partial charge in [-0.25, -0.2) is 4.98 Å². The van der Waals surface area contributed by atoms with Crippen LogP contribution in [0.2, 0.25) is 0 Å². The molecule has 16 heavy (non-hydrogen) atoms. The molecule has 0 atom stereocenters. The Hall–Kier alpha value is -1.68. The molecule has 2 N–H and O–H groups in total. The van der Waals surface area contributed by atoms with Crippen molar-refractivity contribution in [1.82, 2.24) is 15.0 Å². The first-order valence-corrected chi connectivity index (χ1v) is 5.55. The zero-order valence-electron chi connectivity index (χ0n) is 9.09. The second kappa shape index (κ2) is 3.15.